The van der Waals surface area contributed by atoms with Crippen LogP contribution in [0.1, 0.15) is 17.3 Å². The van der Waals surface area contributed by atoms with Gasteiger partial charge in [-0.25, -0.2) is 13.2 Å². The molecule has 0 aliphatic heterocycles. The van der Waals surface area contributed by atoms with E-state index in [9.17, 15) is 13.2 Å². The van der Waals surface area contributed by atoms with Gasteiger partial charge in [0.05, 0.1) is 16.2 Å². The second kappa shape index (κ2) is 6.58. The van der Waals surface area contributed by atoms with Crippen molar-refractivity contribution >= 4 is 43.5 Å². The Hall–Kier alpha value is -0.530. The molecule has 0 aliphatic carbocycles. The Labute approximate surface area is 119 Å². The second-order valence-corrected chi connectivity index (χ2v) is 7.79. The Morgan fingerprint density at radius 1 is 1.44 bits per heavy atom. The molecule has 0 bridgehead atoms. The highest BCUT2D eigenvalue weighted by Crippen LogP contribution is 2.25. The van der Waals surface area contributed by atoms with Gasteiger partial charge in [0.2, 0.25) is 0 Å². The van der Waals surface area contributed by atoms with Crippen molar-refractivity contribution in [1.29, 1.82) is 0 Å². The van der Waals surface area contributed by atoms with Gasteiger partial charge in [-0.3, -0.25) is 0 Å². The normalized spacial score (nSPS) is 11.4. The predicted octanol–water partition coefficient (Wildman–Crippen LogP) is 2.67. The first-order valence-corrected chi connectivity index (χ1v) is 8.82. The molecule has 0 aliphatic rings. The summed E-state index contributed by atoms with van der Waals surface area (Å²) in [5.74, 6) is 0.226. The molecule has 1 N–H and O–H groups in total. The molecule has 0 fully saturated rings. The van der Waals surface area contributed by atoms with Crippen molar-refractivity contribution in [1.82, 2.24) is 0 Å². The number of carbonyl (C=O) groups is 1. The van der Waals surface area contributed by atoms with Crippen LogP contribution in [0, 0.1) is 0 Å². The third-order valence-corrected chi connectivity index (χ3v) is 6.08. The molecule has 7 heteroatoms. The van der Waals surface area contributed by atoms with Gasteiger partial charge in [-0.2, -0.15) is 11.8 Å². The van der Waals surface area contributed by atoms with Crippen LogP contribution in [0.3, 0.4) is 0 Å². The van der Waals surface area contributed by atoms with Gasteiger partial charge in [0.1, 0.15) is 0 Å². The minimum absolute atomic E-state index is 0.00712. The van der Waals surface area contributed by atoms with Gasteiger partial charge >= 0.3 is 5.97 Å². The monoisotopic (exact) mass is 352 g/mol. The molecule has 0 saturated heterocycles. The summed E-state index contributed by atoms with van der Waals surface area (Å²) in [6.45, 7) is 1.96. The van der Waals surface area contributed by atoms with Crippen molar-refractivity contribution in [2.75, 3.05) is 17.3 Å². The minimum Gasteiger partial charge on any atom is -0.478 e. The third-order valence-electron chi connectivity index (χ3n) is 2.21. The summed E-state index contributed by atoms with van der Waals surface area (Å²) < 4.78 is 24.5. The fourth-order valence-electron chi connectivity index (χ4n) is 1.30. The molecule has 0 unspecified atom stereocenters. The van der Waals surface area contributed by atoms with Gasteiger partial charge < -0.3 is 5.11 Å². The maximum atomic E-state index is 12.1. The molecule has 4 nitrogen and oxygen atoms in total. The molecule has 18 heavy (non-hydrogen) atoms. The number of aromatic carboxylic acids is 1. The van der Waals surface area contributed by atoms with Crippen LogP contribution in [0.4, 0.5) is 0 Å². The van der Waals surface area contributed by atoms with Gasteiger partial charge in [0.25, 0.3) is 0 Å². The minimum atomic E-state index is -3.45. The molecular weight excluding hydrogens is 340 g/mol. The average Bonchev–Trinajstić information content (AvgIpc) is 2.29. The van der Waals surface area contributed by atoms with Crippen LogP contribution < -0.4 is 0 Å². The Balaban J connectivity index is 3.07. The van der Waals surface area contributed by atoms with Crippen LogP contribution in [0.25, 0.3) is 0 Å². The first kappa shape index (κ1) is 15.5. The van der Waals surface area contributed by atoms with Crippen molar-refractivity contribution in [2.45, 2.75) is 11.8 Å². The van der Waals surface area contributed by atoms with Crippen LogP contribution in [-0.2, 0) is 9.84 Å². The highest BCUT2D eigenvalue weighted by Gasteiger charge is 2.19. The van der Waals surface area contributed by atoms with Crippen molar-refractivity contribution in [3.05, 3.63) is 28.2 Å². The molecule has 1 rings (SSSR count). The van der Waals surface area contributed by atoms with Crippen molar-refractivity contribution < 1.29 is 18.3 Å². The van der Waals surface area contributed by atoms with Crippen molar-refractivity contribution in [2.24, 2.45) is 0 Å². The average molecular weight is 353 g/mol. The van der Waals surface area contributed by atoms with E-state index in [-0.39, 0.29) is 16.2 Å². The van der Waals surface area contributed by atoms with E-state index in [4.69, 9.17) is 5.11 Å². The molecule has 0 spiro atoms. The zero-order chi connectivity index (χ0) is 13.8. The summed E-state index contributed by atoms with van der Waals surface area (Å²) in [6.07, 6.45) is 0. The highest BCUT2D eigenvalue weighted by molar-refractivity contribution is 9.10. The lowest BCUT2D eigenvalue weighted by atomic mass is 10.2. The predicted molar refractivity (Wildman–Crippen MR) is 76.2 cm³/mol. The number of carboxylic acid groups (broad SMARTS) is 1. The Bertz CT molecular complexity index is 540. The van der Waals surface area contributed by atoms with Crippen LogP contribution in [0.5, 0.6) is 0 Å². The maximum absolute atomic E-state index is 12.1. The number of hydrogen-bond donors (Lipinski definition) is 1. The largest absolute Gasteiger partial charge is 0.478 e. The van der Waals surface area contributed by atoms with Gasteiger partial charge in [0.15, 0.2) is 9.84 Å². The van der Waals surface area contributed by atoms with Crippen molar-refractivity contribution in [3.63, 3.8) is 0 Å². The molecular formula is C11H13BrO4S2. The van der Waals surface area contributed by atoms with Crippen LogP contribution in [-0.4, -0.2) is 36.8 Å². The van der Waals surface area contributed by atoms with E-state index in [1.807, 2.05) is 6.92 Å². The lowest BCUT2D eigenvalue weighted by Crippen LogP contribution is -2.11. The highest BCUT2D eigenvalue weighted by atomic mass is 79.9. The second-order valence-electron chi connectivity index (χ2n) is 3.47. The number of halogens is 1. The smallest absolute Gasteiger partial charge is 0.335 e. The van der Waals surface area contributed by atoms with Crippen molar-refractivity contribution in [3.8, 4) is 0 Å². The number of hydrogen-bond acceptors (Lipinski definition) is 4. The van der Waals surface area contributed by atoms with Crippen LogP contribution >= 0.6 is 27.7 Å². The summed E-state index contributed by atoms with van der Waals surface area (Å²) in [5, 5.41) is 8.87. The molecule has 1 aromatic rings. The molecule has 0 aromatic heterocycles. The van der Waals surface area contributed by atoms with E-state index >= 15 is 0 Å². The summed E-state index contributed by atoms with van der Waals surface area (Å²) in [7, 11) is -3.45. The number of sulfone groups is 1. The Morgan fingerprint density at radius 3 is 2.67 bits per heavy atom. The fraction of sp³-hybridized carbons (Fsp3) is 0.364. The molecule has 0 radical (unpaired) electrons. The summed E-state index contributed by atoms with van der Waals surface area (Å²) in [6, 6.07) is 4.01. The zero-order valence-corrected chi connectivity index (χ0v) is 12.9. The van der Waals surface area contributed by atoms with E-state index in [1.165, 1.54) is 30.0 Å². The number of thioether (sulfide) groups is 1. The Kier molecular flexibility index (Phi) is 5.68. The lowest BCUT2D eigenvalue weighted by molar-refractivity contribution is 0.0696. The van der Waals surface area contributed by atoms with Crippen LogP contribution in [0.2, 0.25) is 0 Å². The molecule has 0 amide bonds. The summed E-state index contributed by atoms with van der Waals surface area (Å²) >= 11 is 4.68. The van der Waals surface area contributed by atoms with E-state index in [1.54, 1.807) is 0 Å². The maximum Gasteiger partial charge on any atom is 0.335 e. The Morgan fingerprint density at radius 2 is 2.11 bits per heavy atom. The number of rotatable bonds is 6. The molecule has 1 aromatic carbocycles. The van der Waals surface area contributed by atoms with Gasteiger partial charge in [0, 0.05) is 10.2 Å². The quantitative estimate of drug-likeness (QED) is 0.796. The van der Waals surface area contributed by atoms with E-state index in [2.05, 4.69) is 15.9 Å². The van der Waals surface area contributed by atoms with Gasteiger partial charge in [-0.15, -0.1) is 0 Å². The molecule has 0 atom stereocenters. The third kappa shape index (κ3) is 4.00. The fourth-order valence-corrected chi connectivity index (χ4v) is 4.81. The van der Waals surface area contributed by atoms with E-state index in [0.717, 1.165) is 5.75 Å². The van der Waals surface area contributed by atoms with Crippen LogP contribution in [0.15, 0.2) is 27.6 Å². The number of carboxylic acids is 1. The number of benzene rings is 1. The lowest BCUT2D eigenvalue weighted by Gasteiger charge is -2.07. The SMILES string of the molecule is CCSCCS(=O)(=O)c1cc(C(=O)O)ccc1Br. The zero-order valence-electron chi connectivity index (χ0n) is 9.72. The molecule has 0 saturated carbocycles. The van der Waals surface area contributed by atoms with E-state index < -0.39 is 15.8 Å². The molecule has 100 valence electrons. The first-order valence-electron chi connectivity index (χ1n) is 5.22. The van der Waals surface area contributed by atoms with Gasteiger partial charge in [-0.1, -0.05) is 6.92 Å². The topological polar surface area (TPSA) is 71.4 Å². The first-order chi connectivity index (χ1) is 8.38. The summed E-state index contributed by atoms with van der Waals surface area (Å²) in [4.78, 5) is 10.9. The standard InChI is InChI=1S/C11H13BrO4S2/c1-2-17-5-6-18(15,16)10-7-8(11(13)14)3-4-9(10)12/h3-4,7H,2,5-6H2,1H3,(H,13,14). The summed E-state index contributed by atoms with van der Waals surface area (Å²) in [5.41, 5.74) is -0.0279. The van der Waals surface area contributed by atoms with E-state index in [0.29, 0.717) is 10.2 Å². The van der Waals surface area contributed by atoms with Gasteiger partial charge in [-0.05, 0) is 39.9 Å². The molecule has 0 heterocycles.